The number of aromatic nitrogens is 1. The second-order valence-corrected chi connectivity index (χ2v) is 5.39. The highest BCUT2D eigenvalue weighted by molar-refractivity contribution is 5.83. The SMILES string of the molecule is CCCCOc1ccc2nc(CCC(=O)OC)cc(C)c2c1. The Bertz CT molecular complexity index is 652. The van der Waals surface area contributed by atoms with Crippen LogP contribution in [-0.2, 0) is 16.0 Å². The summed E-state index contributed by atoms with van der Waals surface area (Å²) in [5, 5.41) is 1.09. The molecule has 0 aliphatic heterocycles. The molecule has 0 amide bonds. The molecule has 0 unspecified atom stereocenters. The van der Waals surface area contributed by atoms with Crippen LogP contribution in [0, 0.1) is 6.92 Å². The van der Waals surface area contributed by atoms with Gasteiger partial charge in [0.05, 0.1) is 25.7 Å². The first-order valence-corrected chi connectivity index (χ1v) is 7.74. The molecule has 1 aromatic heterocycles. The quantitative estimate of drug-likeness (QED) is 0.576. The molecule has 0 bridgehead atoms. The molecule has 0 spiro atoms. The molecule has 0 N–H and O–H groups in total. The van der Waals surface area contributed by atoms with Gasteiger partial charge in [-0.05, 0) is 43.2 Å². The minimum absolute atomic E-state index is 0.209. The van der Waals surface area contributed by atoms with Crippen molar-refractivity contribution in [2.75, 3.05) is 13.7 Å². The van der Waals surface area contributed by atoms with Gasteiger partial charge in [-0.15, -0.1) is 0 Å². The molecular formula is C18H23NO3. The van der Waals surface area contributed by atoms with Crippen molar-refractivity contribution in [2.45, 2.75) is 39.5 Å². The van der Waals surface area contributed by atoms with Crippen molar-refractivity contribution < 1.29 is 14.3 Å². The highest BCUT2D eigenvalue weighted by Crippen LogP contribution is 2.24. The van der Waals surface area contributed by atoms with Gasteiger partial charge in [-0.25, -0.2) is 0 Å². The Labute approximate surface area is 131 Å². The molecule has 118 valence electrons. The van der Waals surface area contributed by atoms with Crippen LogP contribution in [0.2, 0.25) is 0 Å². The van der Waals surface area contributed by atoms with Crippen LogP contribution >= 0.6 is 0 Å². The zero-order valence-electron chi connectivity index (χ0n) is 13.5. The molecule has 2 rings (SSSR count). The molecule has 1 heterocycles. The van der Waals surface area contributed by atoms with E-state index in [1.807, 2.05) is 24.3 Å². The molecule has 4 heteroatoms. The third-order valence-corrected chi connectivity index (χ3v) is 3.62. The summed E-state index contributed by atoms with van der Waals surface area (Å²) < 4.78 is 10.4. The monoisotopic (exact) mass is 301 g/mol. The number of ether oxygens (including phenoxy) is 2. The highest BCUT2D eigenvalue weighted by Gasteiger charge is 2.07. The van der Waals surface area contributed by atoms with Crippen LogP contribution in [0.15, 0.2) is 24.3 Å². The van der Waals surface area contributed by atoms with Crippen molar-refractivity contribution >= 4 is 16.9 Å². The fourth-order valence-electron chi connectivity index (χ4n) is 2.33. The Morgan fingerprint density at radius 3 is 2.82 bits per heavy atom. The molecule has 0 saturated carbocycles. The van der Waals surface area contributed by atoms with E-state index in [2.05, 4.69) is 23.6 Å². The van der Waals surface area contributed by atoms with Crippen LogP contribution in [0.5, 0.6) is 5.75 Å². The maximum absolute atomic E-state index is 11.2. The van der Waals surface area contributed by atoms with Crippen LogP contribution in [0.1, 0.15) is 37.4 Å². The van der Waals surface area contributed by atoms with Crippen molar-refractivity contribution in [1.29, 1.82) is 0 Å². The maximum atomic E-state index is 11.2. The summed E-state index contributed by atoms with van der Waals surface area (Å²) in [4.78, 5) is 15.9. The average molecular weight is 301 g/mol. The van der Waals surface area contributed by atoms with E-state index in [0.717, 1.165) is 47.4 Å². The number of hydrogen-bond acceptors (Lipinski definition) is 4. The molecule has 0 aliphatic rings. The molecule has 22 heavy (non-hydrogen) atoms. The van der Waals surface area contributed by atoms with Gasteiger partial charge < -0.3 is 9.47 Å². The summed E-state index contributed by atoms with van der Waals surface area (Å²) in [6.07, 6.45) is 3.13. The average Bonchev–Trinajstić information content (AvgIpc) is 2.53. The molecule has 0 radical (unpaired) electrons. The van der Waals surface area contributed by atoms with Crippen molar-refractivity contribution in [3.8, 4) is 5.75 Å². The van der Waals surface area contributed by atoms with Crippen molar-refractivity contribution in [1.82, 2.24) is 4.98 Å². The maximum Gasteiger partial charge on any atom is 0.305 e. The fraction of sp³-hybridized carbons (Fsp3) is 0.444. The van der Waals surface area contributed by atoms with Crippen LogP contribution < -0.4 is 4.74 Å². The first-order chi connectivity index (χ1) is 10.6. The number of aryl methyl sites for hydroxylation is 2. The number of hydrogen-bond donors (Lipinski definition) is 0. The second kappa shape index (κ2) is 7.78. The minimum atomic E-state index is -0.209. The van der Waals surface area contributed by atoms with Gasteiger partial charge in [0.1, 0.15) is 5.75 Å². The molecule has 0 saturated heterocycles. The van der Waals surface area contributed by atoms with Gasteiger partial charge in [0.2, 0.25) is 0 Å². The van der Waals surface area contributed by atoms with E-state index >= 15 is 0 Å². The lowest BCUT2D eigenvalue weighted by Gasteiger charge is -2.09. The zero-order chi connectivity index (χ0) is 15.9. The van der Waals surface area contributed by atoms with Gasteiger partial charge in [0.15, 0.2) is 0 Å². The van der Waals surface area contributed by atoms with E-state index in [1.54, 1.807) is 0 Å². The third-order valence-electron chi connectivity index (χ3n) is 3.62. The number of nitrogens with zero attached hydrogens (tertiary/aromatic N) is 1. The van der Waals surface area contributed by atoms with Crippen LogP contribution in [0.25, 0.3) is 10.9 Å². The van der Waals surface area contributed by atoms with Gasteiger partial charge >= 0.3 is 5.97 Å². The lowest BCUT2D eigenvalue weighted by Crippen LogP contribution is -2.03. The normalized spacial score (nSPS) is 10.7. The van der Waals surface area contributed by atoms with Crippen molar-refractivity contribution in [3.05, 3.63) is 35.5 Å². The number of methoxy groups -OCH3 is 1. The first kappa shape index (κ1) is 16.3. The Morgan fingerprint density at radius 1 is 1.27 bits per heavy atom. The number of carbonyl (C=O) groups is 1. The van der Waals surface area contributed by atoms with Gasteiger partial charge in [0, 0.05) is 17.5 Å². The molecule has 0 aliphatic carbocycles. The minimum Gasteiger partial charge on any atom is -0.494 e. The Balaban J connectivity index is 2.17. The summed E-state index contributed by atoms with van der Waals surface area (Å²) >= 11 is 0. The van der Waals surface area contributed by atoms with E-state index < -0.39 is 0 Å². The predicted molar refractivity (Wildman–Crippen MR) is 87.2 cm³/mol. The van der Waals surface area contributed by atoms with Crippen LogP contribution in [0.4, 0.5) is 0 Å². The third kappa shape index (κ3) is 4.20. The zero-order valence-corrected chi connectivity index (χ0v) is 13.5. The van der Waals surface area contributed by atoms with Crippen molar-refractivity contribution in [2.24, 2.45) is 0 Å². The van der Waals surface area contributed by atoms with E-state index in [0.29, 0.717) is 12.8 Å². The fourth-order valence-corrected chi connectivity index (χ4v) is 2.33. The van der Waals surface area contributed by atoms with Gasteiger partial charge in [-0.2, -0.15) is 0 Å². The molecular weight excluding hydrogens is 278 g/mol. The number of unbranched alkanes of at least 4 members (excludes halogenated alkanes) is 1. The van der Waals surface area contributed by atoms with E-state index in [-0.39, 0.29) is 5.97 Å². The molecule has 2 aromatic rings. The van der Waals surface area contributed by atoms with E-state index in [4.69, 9.17) is 4.74 Å². The molecule has 1 aromatic carbocycles. The van der Waals surface area contributed by atoms with Crippen LogP contribution in [-0.4, -0.2) is 24.7 Å². The smallest absolute Gasteiger partial charge is 0.305 e. The molecule has 0 atom stereocenters. The lowest BCUT2D eigenvalue weighted by atomic mass is 10.1. The van der Waals surface area contributed by atoms with Crippen molar-refractivity contribution in [3.63, 3.8) is 0 Å². The summed E-state index contributed by atoms with van der Waals surface area (Å²) in [5.41, 5.74) is 2.99. The summed E-state index contributed by atoms with van der Waals surface area (Å²) in [6.45, 7) is 4.95. The second-order valence-electron chi connectivity index (χ2n) is 5.39. The summed E-state index contributed by atoms with van der Waals surface area (Å²) in [5.74, 6) is 0.674. The number of pyridine rings is 1. The van der Waals surface area contributed by atoms with E-state index in [9.17, 15) is 4.79 Å². The Hall–Kier alpha value is -2.10. The Kier molecular flexibility index (Phi) is 5.75. The lowest BCUT2D eigenvalue weighted by molar-refractivity contribution is -0.140. The van der Waals surface area contributed by atoms with E-state index in [1.165, 1.54) is 7.11 Å². The van der Waals surface area contributed by atoms with Gasteiger partial charge in [-0.3, -0.25) is 9.78 Å². The number of esters is 1. The number of benzene rings is 1. The van der Waals surface area contributed by atoms with Gasteiger partial charge in [-0.1, -0.05) is 13.3 Å². The van der Waals surface area contributed by atoms with Gasteiger partial charge in [0.25, 0.3) is 0 Å². The summed E-state index contributed by atoms with van der Waals surface area (Å²) in [6, 6.07) is 8.00. The molecule has 0 fully saturated rings. The Morgan fingerprint density at radius 2 is 2.09 bits per heavy atom. The topological polar surface area (TPSA) is 48.4 Å². The largest absolute Gasteiger partial charge is 0.494 e. The summed E-state index contributed by atoms with van der Waals surface area (Å²) in [7, 11) is 1.40. The highest BCUT2D eigenvalue weighted by atomic mass is 16.5. The molecule has 4 nitrogen and oxygen atoms in total. The standard InChI is InChI=1S/C18H23NO3/c1-4-5-10-22-15-7-8-17-16(12-15)13(2)11-14(19-17)6-9-18(20)21-3/h7-8,11-12H,4-6,9-10H2,1-3H3. The number of rotatable bonds is 7. The number of fused-ring (bicyclic) bond motifs is 1. The number of carbonyl (C=O) groups excluding carboxylic acids is 1. The first-order valence-electron chi connectivity index (χ1n) is 7.74. The predicted octanol–water partition coefficient (Wildman–Crippen LogP) is 3.83. The van der Waals surface area contributed by atoms with Crippen LogP contribution in [0.3, 0.4) is 0 Å².